The summed E-state index contributed by atoms with van der Waals surface area (Å²) < 4.78 is 98.7. The Labute approximate surface area is 390 Å². The smallest absolute Gasteiger partial charge is 0.380 e. The first-order valence-electron chi connectivity index (χ1n) is 21.4. The molecule has 1 atom stereocenters. The number of nitrogens with zero attached hydrogens (tertiary/aromatic N) is 5. The van der Waals surface area contributed by atoms with E-state index in [2.05, 4.69) is 62.4 Å². The van der Waals surface area contributed by atoms with Gasteiger partial charge in [0.2, 0.25) is 0 Å². The van der Waals surface area contributed by atoms with Gasteiger partial charge in [-0.05, 0) is 111 Å². The van der Waals surface area contributed by atoms with Gasteiger partial charge in [-0.1, -0.05) is 80.1 Å². The van der Waals surface area contributed by atoms with E-state index in [1.807, 2.05) is 61.5 Å². The normalized spacial score (nSPS) is 17.1. The highest BCUT2D eigenvalue weighted by Crippen LogP contribution is 2.43. The molecule has 1 saturated heterocycles. The molecule has 1 aliphatic carbocycles. The Balaban J connectivity index is 1.18. The van der Waals surface area contributed by atoms with E-state index in [0.717, 1.165) is 74.8 Å². The second kappa shape index (κ2) is 21.5. The molecule has 1 aliphatic heterocycles. The fraction of sp³-hybridized carbons (Fsp3) is 0.404. The quantitative estimate of drug-likeness (QED) is 0.0689. The third kappa shape index (κ3) is 13.2. The molecular formula is C47H57ClF3N7O4S3. The number of allylic oxidation sites excluding steroid dienone is 5. The van der Waals surface area contributed by atoms with Crippen LogP contribution in [0.2, 0.25) is 5.02 Å². The maximum atomic E-state index is 14.2. The van der Waals surface area contributed by atoms with Crippen LogP contribution in [0.4, 0.5) is 30.4 Å². The monoisotopic (exact) mass is 971 g/mol. The molecule has 2 N–H and O–H groups in total. The Morgan fingerprint density at radius 2 is 1.71 bits per heavy atom. The molecular weight excluding hydrogens is 915 g/mol. The Hall–Kier alpha value is -4.39. The van der Waals surface area contributed by atoms with Crippen molar-refractivity contribution < 1.29 is 30.0 Å². The predicted octanol–water partition coefficient (Wildman–Crippen LogP) is 9.93. The second-order valence-electron chi connectivity index (χ2n) is 17.3. The average molecular weight is 973 g/mol. The molecule has 65 heavy (non-hydrogen) atoms. The highest BCUT2D eigenvalue weighted by atomic mass is 35.5. The summed E-state index contributed by atoms with van der Waals surface area (Å²) in [5, 5.41) is 4.06. The number of hydrogen-bond acceptors (Lipinski definition) is 11. The molecule has 0 unspecified atom stereocenters. The summed E-state index contributed by atoms with van der Waals surface area (Å²) in [5.41, 5.74) is -0.378. The van der Waals surface area contributed by atoms with Crippen molar-refractivity contribution in [2.75, 3.05) is 79.8 Å². The van der Waals surface area contributed by atoms with E-state index < -0.39 is 41.2 Å². The van der Waals surface area contributed by atoms with Crippen LogP contribution in [0.3, 0.4) is 0 Å². The van der Waals surface area contributed by atoms with Crippen LogP contribution in [0.5, 0.6) is 0 Å². The van der Waals surface area contributed by atoms with Crippen molar-refractivity contribution in [3.05, 3.63) is 120 Å². The lowest BCUT2D eigenvalue weighted by atomic mass is 9.73. The Kier molecular flexibility index (Phi) is 16.5. The van der Waals surface area contributed by atoms with Gasteiger partial charge in [-0.25, -0.2) is 26.8 Å². The Morgan fingerprint density at radius 1 is 0.969 bits per heavy atom. The third-order valence-electron chi connectivity index (χ3n) is 11.5. The maximum Gasteiger partial charge on any atom is 0.501 e. The molecule has 18 heteroatoms. The minimum atomic E-state index is -6.00. The van der Waals surface area contributed by atoms with Gasteiger partial charge >= 0.3 is 5.51 Å². The number of aromatic nitrogens is 2. The lowest BCUT2D eigenvalue weighted by Gasteiger charge is -2.39. The first kappa shape index (κ1) is 50.0. The first-order valence-corrected chi connectivity index (χ1v) is 25.9. The van der Waals surface area contributed by atoms with Gasteiger partial charge in [0.15, 0.2) is 5.82 Å². The van der Waals surface area contributed by atoms with E-state index in [9.17, 15) is 30.0 Å². The number of benzene rings is 3. The van der Waals surface area contributed by atoms with Gasteiger partial charge in [-0.2, -0.15) is 24.9 Å². The number of piperazine rings is 1. The van der Waals surface area contributed by atoms with E-state index in [-0.39, 0.29) is 16.9 Å². The summed E-state index contributed by atoms with van der Waals surface area (Å²) in [6.07, 6.45) is 13.8. The molecule has 2 heterocycles. The first-order chi connectivity index (χ1) is 30.8. The fourth-order valence-corrected chi connectivity index (χ4v) is 11.2. The summed E-state index contributed by atoms with van der Waals surface area (Å²) in [6, 6.07) is 15.8. The van der Waals surface area contributed by atoms with Gasteiger partial charge in [0.05, 0.1) is 16.1 Å². The average Bonchev–Trinajstić information content (AvgIpc) is 3.25. The van der Waals surface area contributed by atoms with E-state index in [4.69, 9.17) is 11.6 Å². The highest BCUT2D eigenvalue weighted by Gasteiger charge is 2.48. The van der Waals surface area contributed by atoms with Crippen molar-refractivity contribution in [1.29, 1.82) is 0 Å². The molecule has 11 nitrogen and oxygen atoms in total. The molecule has 4 aromatic rings. The molecule has 0 saturated carbocycles. The van der Waals surface area contributed by atoms with Crippen LogP contribution in [0.1, 0.15) is 45.1 Å². The summed E-state index contributed by atoms with van der Waals surface area (Å²) in [7, 11) is -6.96. The molecule has 0 radical (unpaired) electrons. The van der Waals surface area contributed by atoms with Gasteiger partial charge in [0.25, 0.3) is 19.9 Å². The summed E-state index contributed by atoms with van der Waals surface area (Å²) in [4.78, 5) is 13.3. The topological polar surface area (TPSA) is 128 Å². The number of fused-ring (bicyclic) bond motifs is 1. The minimum absolute atomic E-state index is 0.108. The molecule has 0 bridgehead atoms. The van der Waals surface area contributed by atoms with E-state index in [0.29, 0.717) is 41.4 Å². The number of sulfone groups is 1. The Bertz CT molecular complexity index is 2630. The molecule has 1 aromatic heterocycles. The predicted molar refractivity (Wildman–Crippen MR) is 261 cm³/mol. The van der Waals surface area contributed by atoms with Gasteiger partial charge in [-0.3, -0.25) is 9.62 Å². The lowest BCUT2D eigenvalue weighted by Crippen LogP contribution is -2.47. The van der Waals surface area contributed by atoms with Crippen LogP contribution in [-0.2, 0) is 19.9 Å². The number of anilines is 3. The van der Waals surface area contributed by atoms with Crippen LogP contribution in [-0.4, -0.2) is 113 Å². The Morgan fingerprint density at radius 3 is 2.40 bits per heavy atom. The van der Waals surface area contributed by atoms with Gasteiger partial charge in [0.1, 0.15) is 11.2 Å². The number of thioether (sulfide) groups is 1. The molecule has 1 fully saturated rings. The number of hydrogen-bond donors (Lipinski definition) is 2. The van der Waals surface area contributed by atoms with Crippen molar-refractivity contribution in [3.8, 4) is 0 Å². The minimum Gasteiger partial charge on any atom is -0.380 e. The van der Waals surface area contributed by atoms with Crippen LogP contribution < -0.4 is 14.9 Å². The zero-order valence-corrected chi connectivity index (χ0v) is 40.3. The van der Waals surface area contributed by atoms with Crippen molar-refractivity contribution in [1.82, 2.24) is 19.8 Å². The highest BCUT2D eigenvalue weighted by molar-refractivity contribution is 7.99. The van der Waals surface area contributed by atoms with Crippen LogP contribution in [0.15, 0.2) is 119 Å². The van der Waals surface area contributed by atoms with Crippen molar-refractivity contribution in [2.24, 2.45) is 5.41 Å². The number of sulfonamides is 1. The van der Waals surface area contributed by atoms with Crippen LogP contribution in [0.25, 0.3) is 16.5 Å². The maximum absolute atomic E-state index is 14.2. The van der Waals surface area contributed by atoms with Gasteiger partial charge in [-0.15, -0.1) is 0 Å². The molecule has 6 rings (SSSR count). The summed E-state index contributed by atoms with van der Waals surface area (Å²) >= 11 is 7.71. The number of alkyl halides is 3. The van der Waals surface area contributed by atoms with Crippen molar-refractivity contribution in [3.63, 3.8) is 0 Å². The molecule has 350 valence electrons. The zero-order chi connectivity index (χ0) is 47.0. The van der Waals surface area contributed by atoms with Crippen molar-refractivity contribution >= 4 is 76.9 Å². The van der Waals surface area contributed by atoms with E-state index in [1.165, 1.54) is 34.8 Å². The molecule has 0 spiro atoms. The molecule has 3 aromatic carbocycles. The lowest BCUT2D eigenvalue weighted by molar-refractivity contribution is -0.0435. The fourth-order valence-electron chi connectivity index (χ4n) is 8.03. The SMILES string of the molecule is C=C/C=C\C=C/CSC[C@@H](CCN(C)C)Nc1ccc(S(=O)(=O)Nc2ncnc3cc(N4CCN(CC5=C(c6ccc(Cl)cc6)CCC(C)(C)C5)CC4)ccc23)cc1S(=O)(=O)C(F)(F)F. The third-order valence-corrected chi connectivity index (χ3v) is 15.7. The molecule has 0 amide bonds. The summed E-state index contributed by atoms with van der Waals surface area (Å²) in [6.45, 7) is 12.9. The van der Waals surface area contributed by atoms with Crippen molar-refractivity contribution in [2.45, 2.75) is 60.9 Å². The second-order valence-corrected chi connectivity index (χ2v) is 22.5. The molecule has 2 aliphatic rings. The van der Waals surface area contributed by atoms with E-state index in [1.54, 1.807) is 18.2 Å². The summed E-state index contributed by atoms with van der Waals surface area (Å²) in [5.74, 6) is 0.918. The number of halogens is 4. The zero-order valence-electron chi connectivity index (χ0n) is 37.1. The van der Waals surface area contributed by atoms with Gasteiger partial charge in [0, 0.05) is 66.4 Å². The van der Waals surface area contributed by atoms with Crippen LogP contribution >= 0.6 is 23.4 Å². The largest absolute Gasteiger partial charge is 0.501 e. The number of nitrogens with one attached hydrogen (secondary N) is 2. The van der Waals surface area contributed by atoms with Gasteiger partial charge < -0.3 is 15.1 Å². The number of rotatable bonds is 19. The standard InChI is InChI=1S/C47H57ClF3N7O4S3/c1-6-7-8-9-10-27-63-32-37(20-22-56(4)5)54-42-18-16-39(29-44(42)64(59,60)47(49,50)51)65(61,62)55-45-41-17-15-38(28-43(41)52-33-53-45)58-25-23-57(24-26-58)31-35-30-46(2,3)21-19-40(35)34-11-13-36(48)14-12-34/h6-18,28-29,33,37,54H,1,19-27,30-32H2,2-5H3,(H,52,53,55)/b8-7-,10-9-/t37-/m1/s1. The van der Waals surface area contributed by atoms with E-state index >= 15 is 0 Å². The van der Waals surface area contributed by atoms with Crippen LogP contribution in [0, 0.1) is 5.41 Å².